The molecule has 0 saturated carbocycles. The Bertz CT molecular complexity index is 757. The van der Waals surface area contributed by atoms with Crippen LogP contribution in [-0.2, 0) is 10.0 Å². The summed E-state index contributed by atoms with van der Waals surface area (Å²) in [4.78, 5) is 15.0. The summed E-state index contributed by atoms with van der Waals surface area (Å²) in [6.07, 6.45) is 5.80. The van der Waals surface area contributed by atoms with Crippen molar-refractivity contribution in [2.75, 3.05) is 26.7 Å². The summed E-state index contributed by atoms with van der Waals surface area (Å²) in [5, 5.41) is 0. The highest BCUT2D eigenvalue weighted by Gasteiger charge is 2.32. The van der Waals surface area contributed by atoms with E-state index in [4.69, 9.17) is 4.74 Å². The molecule has 144 valence electrons. The van der Waals surface area contributed by atoms with E-state index in [1.54, 1.807) is 12.1 Å². The van der Waals surface area contributed by atoms with Gasteiger partial charge in [-0.15, -0.1) is 0 Å². The number of likely N-dealkylation sites (tertiary alicyclic amines) is 1. The van der Waals surface area contributed by atoms with Crippen molar-refractivity contribution in [1.29, 1.82) is 0 Å². The number of amides is 1. The predicted octanol–water partition coefficient (Wildman–Crippen LogP) is 2.88. The van der Waals surface area contributed by atoms with Gasteiger partial charge in [-0.05, 0) is 56.7 Å². The molecule has 26 heavy (non-hydrogen) atoms. The average Bonchev–Trinajstić information content (AvgIpc) is 3.22. The molecule has 0 aromatic heterocycles. The van der Waals surface area contributed by atoms with Gasteiger partial charge in [0.15, 0.2) is 0 Å². The number of methoxy groups -OCH3 is 1. The normalized spacial score (nSPS) is 21.8. The molecule has 2 aliphatic rings. The fourth-order valence-corrected chi connectivity index (χ4v) is 5.64. The van der Waals surface area contributed by atoms with Gasteiger partial charge in [0.1, 0.15) is 10.6 Å². The highest BCUT2D eigenvalue weighted by atomic mass is 32.2. The summed E-state index contributed by atoms with van der Waals surface area (Å²) in [6, 6.07) is 5.00. The molecule has 2 heterocycles. The number of sulfonamides is 1. The summed E-state index contributed by atoms with van der Waals surface area (Å²) in [7, 11) is -2.19. The van der Waals surface area contributed by atoms with Gasteiger partial charge in [-0.2, -0.15) is 4.31 Å². The molecule has 3 rings (SSSR count). The van der Waals surface area contributed by atoms with E-state index in [0.717, 1.165) is 45.1 Å². The van der Waals surface area contributed by atoms with Crippen LogP contribution in [0.15, 0.2) is 23.1 Å². The highest BCUT2D eigenvalue weighted by molar-refractivity contribution is 7.89. The van der Waals surface area contributed by atoms with Crippen molar-refractivity contribution < 1.29 is 17.9 Å². The van der Waals surface area contributed by atoms with Crippen LogP contribution in [0.3, 0.4) is 0 Å². The van der Waals surface area contributed by atoms with Gasteiger partial charge in [-0.1, -0.05) is 6.92 Å². The fraction of sp³-hybridized carbons (Fsp3) is 0.632. The molecule has 1 atom stereocenters. The lowest BCUT2D eigenvalue weighted by Gasteiger charge is -2.35. The molecule has 2 aliphatic heterocycles. The summed E-state index contributed by atoms with van der Waals surface area (Å²) in [5.41, 5.74) is 0.420. The number of carbonyl (C=O) groups is 1. The number of carbonyl (C=O) groups excluding carboxylic acids is 1. The van der Waals surface area contributed by atoms with E-state index < -0.39 is 10.0 Å². The van der Waals surface area contributed by atoms with Gasteiger partial charge in [-0.3, -0.25) is 4.79 Å². The predicted molar refractivity (Wildman–Crippen MR) is 100.0 cm³/mol. The van der Waals surface area contributed by atoms with Gasteiger partial charge in [0.05, 0.1) is 7.11 Å². The highest BCUT2D eigenvalue weighted by Crippen LogP contribution is 2.31. The molecule has 2 fully saturated rings. The molecular formula is C19H28N2O4S. The Balaban J connectivity index is 1.95. The van der Waals surface area contributed by atoms with Gasteiger partial charge >= 0.3 is 0 Å². The number of benzene rings is 1. The average molecular weight is 381 g/mol. The first-order chi connectivity index (χ1) is 12.5. The van der Waals surface area contributed by atoms with Crippen LogP contribution >= 0.6 is 0 Å². The second-order valence-electron chi connectivity index (χ2n) is 7.03. The zero-order valence-electron chi connectivity index (χ0n) is 15.6. The van der Waals surface area contributed by atoms with Crippen LogP contribution < -0.4 is 4.74 Å². The first kappa shape index (κ1) is 19.2. The Morgan fingerprint density at radius 2 is 1.85 bits per heavy atom. The largest absolute Gasteiger partial charge is 0.495 e. The maximum atomic E-state index is 13.0. The minimum absolute atomic E-state index is 0.0860. The Morgan fingerprint density at radius 3 is 2.50 bits per heavy atom. The Labute approximate surface area is 156 Å². The molecule has 0 bridgehead atoms. The van der Waals surface area contributed by atoms with Crippen molar-refractivity contribution in [2.45, 2.75) is 56.4 Å². The van der Waals surface area contributed by atoms with Crippen molar-refractivity contribution in [1.82, 2.24) is 9.21 Å². The Morgan fingerprint density at radius 1 is 1.15 bits per heavy atom. The third-order valence-corrected chi connectivity index (χ3v) is 7.37. The topological polar surface area (TPSA) is 66.9 Å². The quantitative estimate of drug-likeness (QED) is 0.788. The number of hydrogen-bond donors (Lipinski definition) is 0. The lowest BCUT2D eigenvalue weighted by atomic mass is 9.99. The molecule has 7 heteroatoms. The van der Waals surface area contributed by atoms with Crippen molar-refractivity contribution in [2.24, 2.45) is 0 Å². The lowest BCUT2D eigenvalue weighted by Crippen LogP contribution is -2.43. The van der Waals surface area contributed by atoms with E-state index in [1.807, 2.05) is 4.90 Å². The van der Waals surface area contributed by atoms with E-state index in [9.17, 15) is 13.2 Å². The second kappa shape index (κ2) is 7.96. The van der Waals surface area contributed by atoms with Crippen LogP contribution in [0.2, 0.25) is 0 Å². The number of piperidine rings is 1. The molecule has 0 aliphatic carbocycles. The summed E-state index contributed by atoms with van der Waals surface area (Å²) >= 11 is 0. The number of rotatable bonds is 5. The van der Waals surface area contributed by atoms with Gasteiger partial charge in [-0.25, -0.2) is 8.42 Å². The van der Waals surface area contributed by atoms with Crippen LogP contribution in [0.5, 0.6) is 5.75 Å². The van der Waals surface area contributed by atoms with Crippen molar-refractivity contribution in [3.05, 3.63) is 23.8 Å². The molecule has 1 amide bonds. The minimum Gasteiger partial charge on any atom is -0.495 e. The van der Waals surface area contributed by atoms with Crippen LogP contribution in [-0.4, -0.2) is 56.3 Å². The van der Waals surface area contributed by atoms with E-state index in [2.05, 4.69) is 6.92 Å². The molecular weight excluding hydrogens is 352 g/mol. The standard InChI is InChI=1S/C19H28N2O4S/c1-3-16-8-4-5-13-21(16)19(22)15-9-10-17(25-2)18(14-15)26(23,24)20-11-6-7-12-20/h9-10,14,16H,3-8,11-13H2,1-2H3. The van der Waals surface area contributed by atoms with Crippen LogP contribution in [0.4, 0.5) is 0 Å². The third kappa shape index (κ3) is 3.60. The molecule has 1 aromatic rings. The molecule has 0 N–H and O–H groups in total. The van der Waals surface area contributed by atoms with Crippen molar-refractivity contribution in [3.63, 3.8) is 0 Å². The minimum atomic E-state index is -3.65. The van der Waals surface area contributed by atoms with Crippen molar-refractivity contribution in [3.8, 4) is 5.75 Å². The fourth-order valence-electron chi connectivity index (χ4n) is 3.94. The summed E-state index contributed by atoms with van der Waals surface area (Å²) in [5.74, 6) is 0.205. The SMILES string of the molecule is CCC1CCCCN1C(=O)c1ccc(OC)c(S(=O)(=O)N2CCCC2)c1. The summed E-state index contributed by atoms with van der Waals surface area (Å²) in [6.45, 7) is 3.87. The van der Waals surface area contributed by atoms with Crippen molar-refractivity contribution >= 4 is 15.9 Å². The molecule has 0 spiro atoms. The molecule has 2 saturated heterocycles. The lowest BCUT2D eigenvalue weighted by molar-refractivity contribution is 0.0607. The van der Waals surface area contributed by atoms with E-state index in [1.165, 1.54) is 17.5 Å². The smallest absolute Gasteiger partial charge is 0.254 e. The van der Waals surface area contributed by atoms with Crippen LogP contribution in [0, 0.1) is 0 Å². The van der Waals surface area contributed by atoms with Gasteiger partial charge in [0, 0.05) is 31.2 Å². The monoisotopic (exact) mass is 380 g/mol. The summed E-state index contributed by atoms with van der Waals surface area (Å²) < 4.78 is 32.8. The Kier molecular flexibility index (Phi) is 5.87. The molecule has 6 nitrogen and oxygen atoms in total. The number of hydrogen-bond acceptors (Lipinski definition) is 4. The molecule has 0 radical (unpaired) electrons. The van der Waals surface area contributed by atoms with Crippen LogP contribution in [0.1, 0.15) is 55.8 Å². The van der Waals surface area contributed by atoms with Crippen LogP contribution in [0.25, 0.3) is 0 Å². The molecule has 1 aromatic carbocycles. The Hall–Kier alpha value is -1.60. The second-order valence-corrected chi connectivity index (χ2v) is 8.94. The first-order valence-corrected chi connectivity index (χ1v) is 10.9. The number of nitrogens with zero attached hydrogens (tertiary/aromatic N) is 2. The maximum absolute atomic E-state index is 13.0. The first-order valence-electron chi connectivity index (χ1n) is 9.48. The zero-order valence-corrected chi connectivity index (χ0v) is 16.4. The third-order valence-electron chi connectivity index (χ3n) is 5.45. The molecule has 1 unspecified atom stereocenters. The zero-order chi connectivity index (χ0) is 18.7. The van der Waals surface area contributed by atoms with Gasteiger partial charge in [0.25, 0.3) is 5.91 Å². The van der Waals surface area contributed by atoms with E-state index >= 15 is 0 Å². The van der Waals surface area contributed by atoms with Gasteiger partial charge < -0.3 is 9.64 Å². The maximum Gasteiger partial charge on any atom is 0.254 e. The van der Waals surface area contributed by atoms with Gasteiger partial charge in [0.2, 0.25) is 10.0 Å². The number of ether oxygens (including phenoxy) is 1. The van der Waals surface area contributed by atoms with E-state index in [0.29, 0.717) is 24.4 Å². The van der Waals surface area contributed by atoms with E-state index in [-0.39, 0.29) is 16.8 Å².